The highest BCUT2D eigenvalue weighted by Crippen LogP contribution is 2.74. The van der Waals surface area contributed by atoms with Crippen LogP contribution in [0, 0.1) is 0 Å². The molecule has 0 aromatic carbocycles. The zero-order valence-corrected chi connectivity index (χ0v) is 7.65. The van der Waals surface area contributed by atoms with Crippen LogP contribution in [0.15, 0.2) is 0 Å². The van der Waals surface area contributed by atoms with Crippen LogP contribution in [0.1, 0.15) is 6.42 Å². The van der Waals surface area contributed by atoms with Crippen molar-refractivity contribution in [2.75, 3.05) is 11.5 Å². The maximum absolute atomic E-state index is 12.0. The average molecular weight is 204 g/mol. The highest BCUT2D eigenvalue weighted by molar-refractivity contribution is 8.90. The molecule has 1 aliphatic heterocycles. The van der Waals surface area contributed by atoms with Gasteiger partial charge in [0, 0.05) is 11.5 Å². The van der Waals surface area contributed by atoms with Gasteiger partial charge in [-0.25, -0.2) is 0 Å². The van der Waals surface area contributed by atoms with Crippen molar-refractivity contribution in [1.29, 1.82) is 0 Å². The smallest absolute Gasteiger partial charge is 0.294 e. The van der Waals surface area contributed by atoms with E-state index in [4.69, 9.17) is 0 Å². The van der Waals surface area contributed by atoms with Gasteiger partial charge in [-0.3, -0.25) is 4.57 Å². The SMILES string of the molecule is O=P1(C(F)F)SCCCS1. The zero-order chi connectivity index (χ0) is 7.61. The topological polar surface area (TPSA) is 17.1 Å². The minimum Gasteiger partial charge on any atom is -0.294 e. The van der Waals surface area contributed by atoms with Crippen molar-refractivity contribution in [2.24, 2.45) is 0 Å². The van der Waals surface area contributed by atoms with Gasteiger partial charge in [0.2, 0.25) is 0 Å². The van der Waals surface area contributed by atoms with Crippen LogP contribution >= 0.6 is 28.3 Å². The molecule has 0 saturated carbocycles. The van der Waals surface area contributed by atoms with E-state index < -0.39 is 11.7 Å². The third kappa shape index (κ3) is 1.89. The zero-order valence-electron chi connectivity index (χ0n) is 5.13. The number of hydrogen-bond acceptors (Lipinski definition) is 3. The second-order valence-corrected chi connectivity index (χ2v) is 10.1. The van der Waals surface area contributed by atoms with Crippen LogP contribution < -0.4 is 0 Å². The van der Waals surface area contributed by atoms with E-state index >= 15 is 0 Å². The van der Waals surface area contributed by atoms with E-state index in [1.165, 1.54) is 0 Å². The first-order valence-corrected chi connectivity index (χ1v) is 7.78. The second kappa shape index (κ2) is 3.46. The summed E-state index contributed by atoms with van der Waals surface area (Å²) in [6.45, 7) is 0. The molecule has 6 heteroatoms. The van der Waals surface area contributed by atoms with Crippen LogP contribution in [0.2, 0.25) is 0 Å². The minimum absolute atomic E-state index is 0.620. The molecule has 0 aliphatic carbocycles. The van der Waals surface area contributed by atoms with Gasteiger partial charge in [-0.15, -0.1) is 0 Å². The molecule has 0 spiro atoms. The third-order valence-corrected chi connectivity index (χ3v) is 9.32. The summed E-state index contributed by atoms with van der Waals surface area (Å²) >= 11 is 1.88. The Balaban J connectivity index is 2.57. The van der Waals surface area contributed by atoms with E-state index in [0.29, 0.717) is 11.5 Å². The molecular weight excluding hydrogens is 197 g/mol. The van der Waals surface area contributed by atoms with Gasteiger partial charge in [-0.2, -0.15) is 8.78 Å². The second-order valence-electron chi connectivity index (χ2n) is 1.84. The van der Waals surface area contributed by atoms with Gasteiger partial charge in [-0.1, -0.05) is 22.8 Å². The van der Waals surface area contributed by atoms with Crippen molar-refractivity contribution in [2.45, 2.75) is 12.6 Å². The van der Waals surface area contributed by atoms with Gasteiger partial charge in [0.05, 0.1) is 0 Å². The summed E-state index contributed by atoms with van der Waals surface area (Å²) in [5, 5.41) is 0. The lowest BCUT2D eigenvalue weighted by Crippen LogP contribution is -1.96. The van der Waals surface area contributed by atoms with Crippen LogP contribution in [-0.2, 0) is 4.57 Å². The number of hydrogen-bond donors (Lipinski definition) is 0. The normalized spacial score (nSPS) is 25.1. The fourth-order valence-corrected chi connectivity index (χ4v) is 7.34. The molecule has 1 saturated heterocycles. The van der Waals surface area contributed by atoms with Crippen molar-refractivity contribution < 1.29 is 13.3 Å². The Bertz CT molecular complexity index is 153. The molecular formula is C4H7F2OPS2. The minimum atomic E-state index is -3.19. The molecule has 60 valence electrons. The van der Waals surface area contributed by atoms with Crippen LogP contribution in [0.4, 0.5) is 8.78 Å². The lowest BCUT2D eigenvalue weighted by Gasteiger charge is -2.19. The maximum Gasteiger partial charge on any atom is 0.307 e. The lowest BCUT2D eigenvalue weighted by atomic mass is 10.6. The fourth-order valence-electron chi connectivity index (χ4n) is 0.592. The van der Waals surface area contributed by atoms with E-state index in [1.54, 1.807) is 0 Å². The van der Waals surface area contributed by atoms with Crippen LogP contribution in [-0.4, -0.2) is 17.7 Å². The molecule has 0 aromatic heterocycles. The molecule has 10 heavy (non-hydrogen) atoms. The Morgan fingerprint density at radius 1 is 1.30 bits per heavy atom. The van der Waals surface area contributed by atoms with Gasteiger partial charge in [0.25, 0.3) is 5.55 Å². The first-order valence-electron chi connectivity index (χ1n) is 2.82. The van der Waals surface area contributed by atoms with E-state index in [-0.39, 0.29) is 0 Å². The van der Waals surface area contributed by atoms with E-state index in [1.807, 2.05) is 0 Å². The van der Waals surface area contributed by atoms with Crippen molar-refractivity contribution >= 4 is 28.3 Å². The number of halogens is 2. The fraction of sp³-hybridized carbons (Fsp3) is 1.00. The quantitative estimate of drug-likeness (QED) is 0.610. The van der Waals surface area contributed by atoms with Crippen molar-refractivity contribution in [1.82, 2.24) is 0 Å². The average Bonchev–Trinajstić information content (AvgIpc) is 1.89. The molecule has 0 unspecified atom stereocenters. The number of alkyl halides is 2. The van der Waals surface area contributed by atoms with Gasteiger partial charge in [0.15, 0.2) is 0 Å². The third-order valence-electron chi connectivity index (χ3n) is 1.07. The van der Waals surface area contributed by atoms with Gasteiger partial charge in [-0.05, 0) is 6.42 Å². The monoisotopic (exact) mass is 204 g/mol. The van der Waals surface area contributed by atoms with Crippen molar-refractivity contribution in [3.05, 3.63) is 0 Å². The van der Waals surface area contributed by atoms with Crippen LogP contribution in [0.5, 0.6) is 0 Å². The molecule has 0 radical (unpaired) electrons. The predicted octanol–water partition coefficient (Wildman–Crippen LogP) is 3.27. The highest BCUT2D eigenvalue weighted by Gasteiger charge is 2.36. The van der Waals surface area contributed by atoms with E-state index in [9.17, 15) is 13.3 Å². The molecule has 1 aliphatic rings. The Morgan fingerprint density at radius 3 is 2.10 bits per heavy atom. The van der Waals surface area contributed by atoms with Crippen molar-refractivity contribution in [3.8, 4) is 0 Å². The summed E-state index contributed by atoms with van der Waals surface area (Å²) in [6.07, 6.45) is -1.74. The Hall–Kier alpha value is 0.790. The summed E-state index contributed by atoms with van der Waals surface area (Å²) < 4.78 is 35.1. The largest absolute Gasteiger partial charge is 0.307 e. The van der Waals surface area contributed by atoms with Gasteiger partial charge in [0.1, 0.15) is 0 Å². The maximum atomic E-state index is 12.0. The molecule has 1 heterocycles. The predicted molar refractivity (Wildman–Crippen MR) is 43.1 cm³/mol. The molecule has 0 bridgehead atoms. The Kier molecular flexibility index (Phi) is 3.07. The highest BCUT2D eigenvalue weighted by atomic mass is 33.1. The molecule has 1 nitrogen and oxygen atoms in total. The summed E-state index contributed by atoms with van der Waals surface area (Å²) in [7, 11) is 0. The molecule has 0 amide bonds. The van der Waals surface area contributed by atoms with Crippen molar-refractivity contribution in [3.63, 3.8) is 0 Å². The first kappa shape index (κ1) is 8.88. The Labute approximate surface area is 66.2 Å². The van der Waals surface area contributed by atoms with E-state index in [2.05, 4.69) is 0 Å². The molecule has 0 N–H and O–H groups in total. The van der Waals surface area contributed by atoms with Gasteiger partial charge >= 0.3 is 6.17 Å². The molecule has 1 rings (SSSR count). The standard InChI is InChI=1S/C4H7F2OPS2/c5-4(6)8(7)9-2-1-3-10-8/h4H,1-3H2. The van der Waals surface area contributed by atoms with Gasteiger partial charge < -0.3 is 0 Å². The van der Waals surface area contributed by atoms with Crippen LogP contribution in [0.3, 0.4) is 0 Å². The molecule has 0 aromatic rings. The molecule has 0 atom stereocenters. The first-order chi connectivity index (χ1) is 4.65. The molecule has 1 fully saturated rings. The lowest BCUT2D eigenvalue weighted by molar-refractivity contribution is 0.240. The number of rotatable bonds is 1. The summed E-state index contributed by atoms with van der Waals surface area (Å²) in [6, 6.07) is 0. The summed E-state index contributed by atoms with van der Waals surface area (Å²) in [5.41, 5.74) is -3.19. The summed E-state index contributed by atoms with van der Waals surface area (Å²) in [5.74, 6) is 1.24. The Morgan fingerprint density at radius 2 is 1.80 bits per heavy atom. The summed E-state index contributed by atoms with van der Waals surface area (Å²) in [4.78, 5) is 0. The van der Waals surface area contributed by atoms with Crippen LogP contribution in [0.25, 0.3) is 0 Å². The van der Waals surface area contributed by atoms with E-state index in [0.717, 1.165) is 29.2 Å².